The second-order valence-corrected chi connectivity index (χ2v) is 6.80. The van der Waals surface area contributed by atoms with E-state index in [1.54, 1.807) is 0 Å². The van der Waals surface area contributed by atoms with Crippen molar-refractivity contribution in [3.05, 3.63) is 18.2 Å². The number of hydrogen-bond acceptors (Lipinski definition) is 4. The minimum absolute atomic E-state index is 0.486. The van der Waals surface area contributed by atoms with E-state index >= 15 is 0 Å². The Morgan fingerprint density at radius 1 is 1.38 bits per heavy atom. The maximum atomic E-state index is 5.44. The van der Waals surface area contributed by atoms with Crippen LogP contribution in [0.5, 0.6) is 0 Å². The number of hydrogen-bond donors (Lipinski definition) is 1. The molecule has 21 heavy (non-hydrogen) atoms. The van der Waals surface area contributed by atoms with Gasteiger partial charge >= 0.3 is 0 Å². The van der Waals surface area contributed by atoms with E-state index in [4.69, 9.17) is 4.74 Å². The number of nitrogens with one attached hydrogen (secondary N) is 1. The van der Waals surface area contributed by atoms with Crippen molar-refractivity contribution in [3.8, 4) is 0 Å². The molecule has 1 unspecified atom stereocenters. The Morgan fingerprint density at radius 2 is 2.14 bits per heavy atom. The Bertz CT molecular complexity index is 449. The fourth-order valence-electron chi connectivity index (χ4n) is 3.15. The first-order chi connectivity index (χ1) is 10.2. The van der Waals surface area contributed by atoms with Crippen molar-refractivity contribution in [1.29, 1.82) is 0 Å². The summed E-state index contributed by atoms with van der Waals surface area (Å²) < 4.78 is 7.66. The molecular weight excluding hydrogens is 264 g/mol. The molecule has 2 heterocycles. The van der Waals surface area contributed by atoms with Crippen LogP contribution in [0.25, 0.3) is 0 Å². The quantitative estimate of drug-likeness (QED) is 0.822. The van der Waals surface area contributed by atoms with Gasteiger partial charge < -0.3 is 14.6 Å². The number of aromatic nitrogens is 2. The van der Waals surface area contributed by atoms with Crippen LogP contribution in [0, 0.1) is 12.3 Å². The van der Waals surface area contributed by atoms with Gasteiger partial charge in [-0.2, -0.15) is 0 Å². The fraction of sp³-hybridized carbons (Fsp3) is 0.812. The average Bonchev–Trinajstić information content (AvgIpc) is 3.14. The summed E-state index contributed by atoms with van der Waals surface area (Å²) in [5, 5.41) is 3.73. The third-order valence-electron chi connectivity index (χ3n) is 4.84. The molecular formula is C16H28N4O. The SMILES string of the molecule is Cc1nccn1CC(C)NCC1(CN2CCOCC2)CC1. The summed E-state index contributed by atoms with van der Waals surface area (Å²) in [6, 6.07) is 0.486. The molecule has 0 aromatic carbocycles. The zero-order valence-electron chi connectivity index (χ0n) is 13.3. The van der Waals surface area contributed by atoms with Crippen LogP contribution in [0.2, 0.25) is 0 Å². The van der Waals surface area contributed by atoms with Gasteiger partial charge in [0, 0.05) is 51.2 Å². The highest BCUT2D eigenvalue weighted by atomic mass is 16.5. The molecule has 1 saturated heterocycles. The first kappa shape index (κ1) is 15.0. The van der Waals surface area contributed by atoms with Crippen molar-refractivity contribution >= 4 is 0 Å². The molecule has 5 nitrogen and oxygen atoms in total. The molecule has 0 radical (unpaired) electrons. The zero-order chi connectivity index (χ0) is 14.7. The van der Waals surface area contributed by atoms with E-state index in [1.807, 2.05) is 6.20 Å². The second kappa shape index (κ2) is 6.46. The van der Waals surface area contributed by atoms with Gasteiger partial charge in [0.05, 0.1) is 13.2 Å². The van der Waals surface area contributed by atoms with Gasteiger partial charge in [-0.1, -0.05) is 0 Å². The molecule has 2 aliphatic rings. The molecule has 1 N–H and O–H groups in total. The van der Waals surface area contributed by atoms with Crippen molar-refractivity contribution in [2.75, 3.05) is 39.4 Å². The topological polar surface area (TPSA) is 42.3 Å². The number of morpholine rings is 1. The monoisotopic (exact) mass is 292 g/mol. The van der Waals surface area contributed by atoms with E-state index in [1.165, 1.54) is 19.4 Å². The van der Waals surface area contributed by atoms with Crippen LogP contribution in [0.3, 0.4) is 0 Å². The van der Waals surface area contributed by atoms with Gasteiger partial charge in [0.2, 0.25) is 0 Å². The van der Waals surface area contributed by atoms with Gasteiger partial charge in [-0.15, -0.1) is 0 Å². The van der Waals surface area contributed by atoms with E-state index in [0.717, 1.165) is 45.2 Å². The standard InChI is InChI=1S/C16H28N4O/c1-14(11-20-6-5-17-15(20)2)18-12-16(3-4-16)13-19-7-9-21-10-8-19/h5-6,14,18H,3-4,7-13H2,1-2H3. The summed E-state index contributed by atoms with van der Waals surface area (Å²) in [5.41, 5.74) is 0.523. The van der Waals surface area contributed by atoms with Crippen molar-refractivity contribution in [1.82, 2.24) is 19.8 Å². The Hall–Kier alpha value is -0.910. The van der Waals surface area contributed by atoms with Crippen molar-refractivity contribution < 1.29 is 4.74 Å². The molecule has 2 fully saturated rings. The summed E-state index contributed by atoms with van der Waals surface area (Å²) in [7, 11) is 0. The van der Waals surface area contributed by atoms with E-state index in [-0.39, 0.29) is 0 Å². The third-order valence-corrected chi connectivity index (χ3v) is 4.84. The van der Waals surface area contributed by atoms with Gasteiger partial charge in [-0.05, 0) is 32.1 Å². The molecule has 1 atom stereocenters. The molecule has 1 saturated carbocycles. The predicted molar refractivity (Wildman–Crippen MR) is 83.4 cm³/mol. The summed E-state index contributed by atoms with van der Waals surface area (Å²) >= 11 is 0. The summed E-state index contributed by atoms with van der Waals surface area (Å²) in [5.74, 6) is 1.10. The number of ether oxygens (including phenoxy) is 1. The molecule has 1 aliphatic heterocycles. The van der Waals surface area contributed by atoms with Crippen LogP contribution < -0.4 is 5.32 Å². The smallest absolute Gasteiger partial charge is 0.105 e. The van der Waals surface area contributed by atoms with Crippen LogP contribution >= 0.6 is 0 Å². The van der Waals surface area contributed by atoms with Crippen LogP contribution in [-0.4, -0.2) is 59.9 Å². The molecule has 0 spiro atoms. The molecule has 0 bridgehead atoms. The number of nitrogens with zero attached hydrogens (tertiary/aromatic N) is 3. The number of aryl methyl sites for hydroxylation is 1. The van der Waals surface area contributed by atoms with Gasteiger partial charge in [-0.25, -0.2) is 4.98 Å². The average molecular weight is 292 g/mol. The van der Waals surface area contributed by atoms with E-state index in [2.05, 4.69) is 39.8 Å². The maximum Gasteiger partial charge on any atom is 0.105 e. The van der Waals surface area contributed by atoms with Gasteiger partial charge in [-0.3, -0.25) is 4.90 Å². The third kappa shape index (κ3) is 4.05. The highest BCUT2D eigenvalue weighted by molar-refractivity contribution is 4.98. The van der Waals surface area contributed by atoms with Crippen molar-refractivity contribution in [3.63, 3.8) is 0 Å². The highest BCUT2D eigenvalue weighted by Gasteiger charge is 2.43. The molecule has 0 amide bonds. The minimum atomic E-state index is 0.486. The lowest BCUT2D eigenvalue weighted by Gasteiger charge is -2.31. The minimum Gasteiger partial charge on any atom is -0.379 e. The lowest BCUT2D eigenvalue weighted by Crippen LogP contribution is -2.44. The van der Waals surface area contributed by atoms with Crippen LogP contribution in [0.1, 0.15) is 25.6 Å². The van der Waals surface area contributed by atoms with Crippen LogP contribution in [0.4, 0.5) is 0 Å². The maximum absolute atomic E-state index is 5.44. The Balaban J connectivity index is 1.42. The highest BCUT2D eigenvalue weighted by Crippen LogP contribution is 2.45. The lowest BCUT2D eigenvalue weighted by atomic mass is 10.1. The molecule has 1 aromatic rings. The lowest BCUT2D eigenvalue weighted by molar-refractivity contribution is 0.0282. The van der Waals surface area contributed by atoms with Crippen LogP contribution in [-0.2, 0) is 11.3 Å². The van der Waals surface area contributed by atoms with Crippen LogP contribution in [0.15, 0.2) is 12.4 Å². The summed E-state index contributed by atoms with van der Waals surface area (Å²) in [6.45, 7) is 11.7. The largest absolute Gasteiger partial charge is 0.379 e. The van der Waals surface area contributed by atoms with Gasteiger partial charge in [0.25, 0.3) is 0 Å². The molecule has 1 aliphatic carbocycles. The number of imidazole rings is 1. The van der Waals surface area contributed by atoms with Crippen molar-refractivity contribution in [2.24, 2.45) is 5.41 Å². The molecule has 3 rings (SSSR count). The second-order valence-electron chi connectivity index (χ2n) is 6.80. The Morgan fingerprint density at radius 3 is 2.76 bits per heavy atom. The Labute approximate surface area is 127 Å². The van der Waals surface area contributed by atoms with E-state index < -0.39 is 0 Å². The normalized spacial score (nSPS) is 23.1. The molecule has 5 heteroatoms. The molecule has 118 valence electrons. The summed E-state index contributed by atoms with van der Waals surface area (Å²) in [4.78, 5) is 6.86. The van der Waals surface area contributed by atoms with E-state index in [0.29, 0.717) is 11.5 Å². The first-order valence-corrected chi connectivity index (χ1v) is 8.18. The van der Waals surface area contributed by atoms with Gasteiger partial charge in [0.1, 0.15) is 5.82 Å². The van der Waals surface area contributed by atoms with Gasteiger partial charge in [0.15, 0.2) is 0 Å². The first-order valence-electron chi connectivity index (χ1n) is 8.18. The fourth-order valence-corrected chi connectivity index (χ4v) is 3.15. The van der Waals surface area contributed by atoms with Crippen molar-refractivity contribution in [2.45, 2.75) is 39.3 Å². The summed E-state index contributed by atoms with van der Waals surface area (Å²) in [6.07, 6.45) is 6.68. The number of rotatable bonds is 7. The predicted octanol–water partition coefficient (Wildman–Crippen LogP) is 1.28. The zero-order valence-corrected chi connectivity index (χ0v) is 13.3. The molecule has 1 aromatic heterocycles. The Kier molecular flexibility index (Phi) is 4.62. The van der Waals surface area contributed by atoms with E-state index in [9.17, 15) is 0 Å².